The second-order valence-electron chi connectivity index (χ2n) is 4.11. The molecule has 0 aliphatic rings. The summed E-state index contributed by atoms with van der Waals surface area (Å²) in [7, 11) is 0. The molecule has 0 aliphatic heterocycles. The Bertz CT molecular complexity index is 376. The molecular formula is C14H18O2. The smallest absolute Gasteiger partial charge is 0.307 e. The van der Waals surface area contributed by atoms with Crippen LogP contribution in [0.1, 0.15) is 43.7 Å². The molecule has 0 fully saturated rings. The summed E-state index contributed by atoms with van der Waals surface area (Å²) in [5.74, 6) is -0.294. The number of carbonyl (C=O) groups is 1. The first kappa shape index (κ1) is 12.5. The van der Waals surface area contributed by atoms with Crippen molar-refractivity contribution in [1.82, 2.24) is 0 Å². The minimum absolute atomic E-state index is 0.00266. The van der Waals surface area contributed by atoms with Gasteiger partial charge in [0.1, 0.15) is 0 Å². The van der Waals surface area contributed by atoms with E-state index in [1.807, 2.05) is 12.1 Å². The number of aliphatic carboxylic acids is 1. The molecular weight excluding hydrogens is 200 g/mol. The van der Waals surface area contributed by atoms with Crippen LogP contribution in [-0.4, -0.2) is 11.1 Å². The van der Waals surface area contributed by atoms with Gasteiger partial charge in [0.2, 0.25) is 0 Å². The van der Waals surface area contributed by atoms with Crippen LogP contribution in [0.4, 0.5) is 0 Å². The standard InChI is InChI=1S/C14H18O2/c1-4-10(2)12-5-7-13(8-6-12)11(3)9-14(15)16/h5-8,10H,3-4,9H2,1-2H3,(H,15,16). The van der Waals surface area contributed by atoms with Crippen LogP contribution in [0, 0.1) is 0 Å². The fourth-order valence-electron chi connectivity index (χ4n) is 1.57. The molecule has 1 aromatic rings. The van der Waals surface area contributed by atoms with Crippen LogP contribution in [-0.2, 0) is 4.79 Å². The summed E-state index contributed by atoms with van der Waals surface area (Å²) >= 11 is 0. The van der Waals surface area contributed by atoms with Crippen molar-refractivity contribution in [3.63, 3.8) is 0 Å². The van der Waals surface area contributed by atoms with Crippen LogP contribution in [0.25, 0.3) is 5.57 Å². The molecule has 0 aliphatic carbocycles. The Morgan fingerprint density at radius 1 is 1.38 bits per heavy atom. The zero-order chi connectivity index (χ0) is 12.1. The highest BCUT2D eigenvalue weighted by molar-refractivity contribution is 5.83. The van der Waals surface area contributed by atoms with Crippen LogP contribution in [0.2, 0.25) is 0 Å². The molecule has 2 nitrogen and oxygen atoms in total. The van der Waals surface area contributed by atoms with Crippen LogP contribution in [0.5, 0.6) is 0 Å². The first-order chi connectivity index (χ1) is 7.54. The zero-order valence-corrected chi connectivity index (χ0v) is 9.86. The van der Waals surface area contributed by atoms with Crippen molar-refractivity contribution < 1.29 is 9.90 Å². The molecule has 0 amide bonds. The van der Waals surface area contributed by atoms with E-state index < -0.39 is 5.97 Å². The Labute approximate surface area is 96.6 Å². The second-order valence-corrected chi connectivity index (χ2v) is 4.11. The Morgan fingerprint density at radius 3 is 2.38 bits per heavy atom. The van der Waals surface area contributed by atoms with Gasteiger partial charge in [-0.05, 0) is 29.0 Å². The summed E-state index contributed by atoms with van der Waals surface area (Å²) in [6, 6.07) is 8.01. The van der Waals surface area contributed by atoms with Crippen molar-refractivity contribution >= 4 is 11.5 Å². The van der Waals surface area contributed by atoms with Gasteiger partial charge < -0.3 is 5.11 Å². The second kappa shape index (κ2) is 5.50. The van der Waals surface area contributed by atoms with Crippen LogP contribution < -0.4 is 0 Å². The number of benzene rings is 1. The van der Waals surface area contributed by atoms with E-state index in [4.69, 9.17) is 5.11 Å². The fraction of sp³-hybridized carbons (Fsp3) is 0.357. The Hall–Kier alpha value is -1.57. The van der Waals surface area contributed by atoms with Crippen LogP contribution in [0.15, 0.2) is 30.8 Å². The molecule has 0 spiro atoms. The summed E-state index contributed by atoms with van der Waals surface area (Å²) in [6.07, 6.45) is 1.11. The third-order valence-corrected chi connectivity index (χ3v) is 2.86. The summed E-state index contributed by atoms with van der Waals surface area (Å²) < 4.78 is 0. The van der Waals surface area contributed by atoms with Crippen molar-refractivity contribution in [3.05, 3.63) is 42.0 Å². The van der Waals surface area contributed by atoms with E-state index in [1.54, 1.807) is 0 Å². The number of hydrogen-bond donors (Lipinski definition) is 1. The van der Waals surface area contributed by atoms with E-state index in [0.29, 0.717) is 11.5 Å². The average molecular weight is 218 g/mol. The van der Waals surface area contributed by atoms with Crippen molar-refractivity contribution in [1.29, 1.82) is 0 Å². The molecule has 1 rings (SSSR count). The van der Waals surface area contributed by atoms with Gasteiger partial charge in [-0.25, -0.2) is 0 Å². The van der Waals surface area contributed by atoms with E-state index >= 15 is 0 Å². The SMILES string of the molecule is C=C(CC(=O)O)c1ccc(C(C)CC)cc1. The molecule has 1 atom stereocenters. The average Bonchev–Trinajstić information content (AvgIpc) is 2.27. The number of carboxylic acid groups (broad SMARTS) is 1. The topological polar surface area (TPSA) is 37.3 Å². The van der Waals surface area contributed by atoms with Gasteiger partial charge in [0, 0.05) is 0 Å². The van der Waals surface area contributed by atoms with Crippen molar-refractivity contribution in [2.24, 2.45) is 0 Å². The largest absolute Gasteiger partial charge is 0.481 e. The normalized spacial score (nSPS) is 12.1. The summed E-state index contributed by atoms with van der Waals surface area (Å²) in [4.78, 5) is 10.5. The number of rotatable bonds is 5. The molecule has 0 saturated carbocycles. The number of hydrogen-bond acceptors (Lipinski definition) is 1. The Kier molecular flexibility index (Phi) is 4.29. The number of carboxylic acids is 1. The minimum atomic E-state index is -0.837. The monoisotopic (exact) mass is 218 g/mol. The predicted octanol–water partition coefficient (Wildman–Crippen LogP) is 3.69. The lowest BCUT2D eigenvalue weighted by Gasteiger charge is -2.10. The zero-order valence-electron chi connectivity index (χ0n) is 9.86. The van der Waals surface area contributed by atoms with Gasteiger partial charge in [-0.3, -0.25) is 4.79 Å². The van der Waals surface area contributed by atoms with Crippen molar-refractivity contribution in [3.8, 4) is 0 Å². The minimum Gasteiger partial charge on any atom is -0.481 e. The van der Waals surface area contributed by atoms with Crippen LogP contribution in [0.3, 0.4) is 0 Å². The van der Waals surface area contributed by atoms with Crippen LogP contribution >= 0.6 is 0 Å². The first-order valence-electron chi connectivity index (χ1n) is 5.54. The first-order valence-corrected chi connectivity index (χ1v) is 5.54. The molecule has 0 saturated heterocycles. The molecule has 0 aromatic heterocycles. The molecule has 1 aromatic carbocycles. The molecule has 1 unspecified atom stereocenters. The Balaban J connectivity index is 2.78. The van der Waals surface area contributed by atoms with Gasteiger partial charge in [-0.2, -0.15) is 0 Å². The molecule has 0 bridgehead atoms. The third kappa shape index (κ3) is 3.23. The predicted molar refractivity (Wildman–Crippen MR) is 66.4 cm³/mol. The molecule has 16 heavy (non-hydrogen) atoms. The van der Waals surface area contributed by atoms with E-state index in [-0.39, 0.29) is 6.42 Å². The van der Waals surface area contributed by atoms with Gasteiger partial charge in [0.05, 0.1) is 6.42 Å². The van der Waals surface area contributed by atoms with Crippen molar-refractivity contribution in [2.75, 3.05) is 0 Å². The van der Waals surface area contributed by atoms with E-state index in [1.165, 1.54) is 5.56 Å². The highest BCUT2D eigenvalue weighted by Gasteiger charge is 2.06. The highest BCUT2D eigenvalue weighted by atomic mass is 16.4. The lowest BCUT2D eigenvalue weighted by molar-refractivity contribution is -0.135. The maximum Gasteiger partial charge on any atom is 0.307 e. The molecule has 1 N–H and O–H groups in total. The maximum atomic E-state index is 10.5. The van der Waals surface area contributed by atoms with E-state index in [0.717, 1.165) is 12.0 Å². The maximum absolute atomic E-state index is 10.5. The van der Waals surface area contributed by atoms with E-state index in [2.05, 4.69) is 32.6 Å². The highest BCUT2D eigenvalue weighted by Crippen LogP contribution is 2.22. The molecule has 2 heteroatoms. The summed E-state index contributed by atoms with van der Waals surface area (Å²) in [6.45, 7) is 8.12. The molecule has 0 radical (unpaired) electrons. The molecule has 0 heterocycles. The lowest BCUT2D eigenvalue weighted by atomic mass is 9.95. The Morgan fingerprint density at radius 2 is 1.94 bits per heavy atom. The van der Waals surface area contributed by atoms with Gasteiger partial charge >= 0.3 is 5.97 Å². The van der Waals surface area contributed by atoms with Crippen molar-refractivity contribution in [2.45, 2.75) is 32.6 Å². The summed E-state index contributed by atoms with van der Waals surface area (Å²) in [5, 5.41) is 8.67. The lowest BCUT2D eigenvalue weighted by Crippen LogP contribution is -1.97. The van der Waals surface area contributed by atoms with Gasteiger partial charge in [-0.1, -0.05) is 44.7 Å². The van der Waals surface area contributed by atoms with Gasteiger partial charge in [0.15, 0.2) is 0 Å². The summed E-state index contributed by atoms with van der Waals surface area (Å²) in [5.41, 5.74) is 2.85. The van der Waals surface area contributed by atoms with Gasteiger partial charge in [0.25, 0.3) is 0 Å². The third-order valence-electron chi connectivity index (χ3n) is 2.86. The molecule has 86 valence electrons. The fourth-order valence-corrected chi connectivity index (χ4v) is 1.57. The van der Waals surface area contributed by atoms with E-state index in [9.17, 15) is 4.79 Å². The quantitative estimate of drug-likeness (QED) is 0.818. The van der Waals surface area contributed by atoms with Gasteiger partial charge in [-0.15, -0.1) is 0 Å².